The molecule has 22 heavy (non-hydrogen) atoms. The van der Waals surface area contributed by atoms with Gasteiger partial charge in [-0.3, -0.25) is 4.79 Å². The highest BCUT2D eigenvalue weighted by Crippen LogP contribution is 2.30. The minimum atomic E-state index is -0.202. The van der Waals surface area contributed by atoms with E-state index in [1.54, 1.807) is 24.4 Å². The predicted molar refractivity (Wildman–Crippen MR) is 85.4 cm³/mol. The first-order valence-corrected chi connectivity index (χ1v) is 7.31. The molecule has 1 amide bonds. The third-order valence-corrected chi connectivity index (χ3v) is 3.46. The van der Waals surface area contributed by atoms with Gasteiger partial charge in [0.05, 0.1) is 0 Å². The van der Waals surface area contributed by atoms with Gasteiger partial charge in [0.15, 0.2) is 5.76 Å². The summed E-state index contributed by atoms with van der Waals surface area (Å²) in [6.07, 6.45) is 3.78. The molecule has 0 bridgehead atoms. The van der Waals surface area contributed by atoms with E-state index in [2.05, 4.69) is 22.2 Å². The van der Waals surface area contributed by atoms with E-state index in [1.807, 2.05) is 6.07 Å². The monoisotopic (exact) mass is 298 g/mol. The number of fused-ring (bicyclic) bond motifs is 1. The third-order valence-electron chi connectivity index (χ3n) is 3.46. The molecule has 0 unspecified atom stereocenters. The molecule has 4 N–H and O–H groups in total. The van der Waals surface area contributed by atoms with Crippen LogP contribution in [0.5, 0.6) is 0 Å². The Balaban J connectivity index is 1.89. The molecule has 6 nitrogen and oxygen atoms in total. The number of nitrogens with one attached hydrogen (secondary N) is 2. The number of nitrogen functional groups attached to an aromatic ring is 1. The Bertz CT molecular complexity index is 803. The number of H-pyrrole nitrogens is 1. The Labute approximate surface area is 127 Å². The van der Waals surface area contributed by atoms with Crippen molar-refractivity contribution in [3.63, 3.8) is 0 Å². The van der Waals surface area contributed by atoms with Crippen LogP contribution in [0.3, 0.4) is 0 Å². The fourth-order valence-corrected chi connectivity index (χ4v) is 2.33. The first-order chi connectivity index (χ1) is 10.7. The Morgan fingerprint density at radius 1 is 1.41 bits per heavy atom. The maximum atomic E-state index is 12.0. The van der Waals surface area contributed by atoms with Crippen LogP contribution in [0.15, 0.2) is 34.9 Å². The first kappa shape index (κ1) is 14.2. The van der Waals surface area contributed by atoms with Crippen molar-refractivity contribution in [2.45, 2.75) is 19.8 Å². The topological polar surface area (TPSA) is 96.9 Å². The Kier molecular flexibility index (Phi) is 3.82. The molecule has 0 saturated heterocycles. The lowest BCUT2D eigenvalue weighted by Crippen LogP contribution is -2.23. The number of nitrogens with two attached hydrogens (primary N) is 1. The number of carbonyl (C=O) groups is 1. The van der Waals surface area contributed by atoms with E-state index in [0.717, 1.165) is 23.8 Å². The normalized spacial score (nSPS) is 11.0. The van der Waals surface area contributed by atoms with E-state index in [9.17, 15) is 4.79 Å². The van der Waals surface area contributed by atoms with Crippen molar-refractivity contribution in [2.24, 2.45) is 0 Å². The van der Waals surface area contributed by atoms with Crippen LogP contribution in [0.2, 0.25) is 0 Å². The van der Waals surface area contributed by atoms with Crippen LogP contribution < -0.4 is 11.1 Å². The molecule has 3 aromatic rings. The molecular formula is C16H18N4O2. The number of amides is 1. The molecular weight excluding hydrogens is 280 g/mol. The third kappa shape index (κ3) is 2.67. The lowest BCUT2D eigenvalue weighted by Gasteiger charge is -2.03. The summed E-state index contributed by atoms with van der Waals surface area (Å²) in [6.45, 7) is 2.72. The minimum absolute atomic E-state index is 0.202. The molecule has 0 aliphatic heterocycles. The Morgan fingerprint density at radius 2 is 2.27 bits per heavy atom. The molecule has 3 aromatic heterocycles. The van der Waals surface area contributed by atoms with Crippen molar-refractivity contribution < 1.29 is 9.21 Å². The van der Waals surface area contributed by atoms with Gasteiger partial charge >= 0.3 is 0 Å². The number of unbranched alkanes of at least 4 members (excludes halogenated alkanes) is 1. The first-order valence-electron chi connectivity index (χ1n) is 7.31. The maximum Gasteiger partial charge on any atom is 0.287 e. The molecule has 6 heteroatoms. The van der Waals surface area contributed by atoms with Crippen LogP contribution >= 0.6 is 0 Å². The van der Waals surface area contributed by atoms with Gasteiger partial charge in [0.2, 0.25) is 0 Å². The number of rotatable bonds is 5. The van der Waals surface area contributed by atoms with Gasteiger partial charge in [-0.15, -0.1) is 0 Å². The highest BCUT2D eigenvalue weighted by atomic mass is 16.3. The fraction of sp³-hybridized carbons (Fsp3) is 0.250. The summed E-state index contributed by atoms with van der Waals surface area (Å²) in [6, 6.07) is 7.09. The average molecular weight is 298 g/mol. The van der Waals surface area contributed by atoms with Gasteiger partial charge < -0.3 is 20.5 Å². The molecule has 114 valence electrons. The summed E-state index contributed by atoms with van der Waals surface area (Å²) in [5, 5.41) is 3.74. The van der Waals surface area contributed by atoms with E-state index >= 15 is 0 Å². The second-order valence-corrected chi connectivity index (χ2v) is 5.11. The summed E-state index contributed by atoms with van der Waals surface area (Å²) >= 11 is 0. The largest absolute Gasteiger partial charge is 0.451 e. The zero-order valence-electron chi connectivity index (χ0n) is 12.3. The molecule has 0 atom stereocenters. The number of aromatic nitrogens is 2. The molecule has 0 saturated carbocycles. The molecule has 0 fully saturated rings. The van der Waals surface area contributed by atoms with E-state index in [1.165, 1.54) is 0 Å². The number of carbonyl (C=O) groups excluding carboxylic acids is 1. The number of aromatic amines is 1. The SMILES string of the molecule is CCCCNC(=O)c1ccc(-c2cc(N)nc3[nH]ccc23)o1. The van der Waals surface area contributed by atoms with Crippen molar-refractivity contribution >= 4 is 22.8 Å². The second-order valence-electron chi connectivity index (χ2n) is 5.11. The van der Waals surface area contributed by atoms with Crippen LogP contribution in [-0.4, -0.2) is 22.4 Å². The molecule has 3 rings (SSSR count). The van der Waals surface area contributed by atoms with Crippen molar-refractivity contribution in [2.75, 3.05) is 12.3 Å². The molecule has 0 radical (unpaired) electrons. The summed E-state index contributed by atoms with van der Waals surface area (Å²) in [5.41, 5.74) is 7.33. The Hall–Kier alpha value is -2.76. The summed E-state index contributed by atoms with van der Waals surface area (Å²) in [7, 11) is 0. The van der Waals surface area contributed by atoms with Crippen LogP contribution in [-0.2, 0) is 0 Å². The maximum absolute atomic E-state index is 12.0. The van der Waals surface area contributed by atoms with Crippen molar-refractivity contribution in [3.8, 4) is 11.3 Å². The summed E-state index contributed by atoms with van der Waals surface area (Å²) < 4.78 is 5.69. The van der Waals surface area contributed by atoms with Crippen LogP contribution in [0.4, 0.5) is 5.82 Å². The number of hydrogen-bond donors (Lipinski definition) is 3. The number of pyridine rings is 1. The number of hydrogen-bond acceptors (Lipinski definition) is 4. The molecule has 0 aliphatic carbocycles. The van der Waals surface area contributed by atoms with Gasteiger partial charge in [-0.2, -0.15) is 0 Å². The Morgan fingerprint density at radius 3 is 3.09 bits per heavy atom. The summed E-state index contributed by atoms with van der Waals surface area (Å²) in [4.78, 5) is 19.2. The van der Waals surface area contributed by atoms with Gasteiger partial charge in [0.1, 0.15) is 17.2 Å². The van der Waals surface area contributed by atoms with Crippen LogP contribution in [0, 0.1) is 0 Å². The smallest absolute Gasteiger partial charge is 0.287 e. The fourth-order valence-electron chi connectivity index (χ4n) is 2.33. The molecule has 3 heterocycles. The predicted octanol–water partition coefficient (Wildman–Crippen LogP) is 2.94. The zero-order chi connectivity index (χ0) is 15.5. The second kappa shape index (κ2) is 5.93. The molecule has 0 aliphatic rings. The molecule has 0 aromatic carbocycles. The number of nitrogens with zero attached hydrogens (tertiary/aromatic N) is 1. The standard InChI is InChI=1S/C16H18N4O2/c1-2-3-7-19-16(21)13-5-4-12(22-13)11-9-14(17)20-15-10(11)6-8-18-15/h4-6,8-9H,2-3,7H2,1H3,(H,19,21)(H3,17,18,20). The average Bonchev–Trinajstić information content (AvgIpc) is 3.15. The molecule has 0 spiro atoms. The van der Waals surface area contributed by atoms with E-state index in [0.29, 0.717) is 29.5 Å². The lowest BCUT2D eigenvalue weighted by molar-refractivity contribution is 0.0926. The van der Waals surface area contributed by atoms with Crippen molar-refractivity contribution in [1.29, 1.82) is 0 Å². The van der Waals surface area contributed by atoms with Gasteiger partial charge in [-0.05, 0) is 30.7 Å². The van der Waals surface area contributed by atoms with Crippen molar-refractivity contribution in [3.05, 3.63) is 36.2 Å². The van der Waals surface area contributed by atoms with Crippen molar-refractivity contribution in [1.82, 2.24) is 15.3 Å². The zero-order valence-corrected chi connectivity index (χ0v) is 12.3. The van der Waals surface area contributed by atoms with Gasteiger partial charge in [-0.1, -0.05) is 13.3 Å². The van der Waals surface area contributed by atoms with Gasteiger partial charge in [0, 0.05) is 23.7 Å². The van der Waals surface area contributed by atoms with E-state index in [4.69, 9.17) is 10.2 Å². The lowest BCUT2D eigenvalue weighted by atomic mass is 10.1. The van der Waals surface area contributed by atoms with Crippen LogP contribution in [0.1, 0.15) is 30.3 Å². The highest BCUT2D eigenvalue weighted by molar-refractivity contribution is 5.95. The minimum Gasteiger partial charge on any atom is -0.451 e. The number of furan rings is 1. The summed E-state index contributed by atoms with van der Waals surface area (Å²) in [5.74, 6) is 1.09. The quantitative estimate of drug-likeness (QED) is 0.631. The van der Waals surface area contributed by atoms with Crippen LogP contribution in [0.25, 0.3) is 22.4 Å². The van der Waals surface area contributed by atoms with E-state index in [-0.39, 0.29) is 5.91 Å². The van der Waals surface area contributed by atoms with Gasteiger partial charge in [0.25, 0.3) is 5.91 Å². The highest BCUT2D eigenvalue weighted by Gasteiger charge is 2.14. The number of anilines is 1. The van der Waals surface area contributed by atoms with E-state index < -0.39 is 0 Å². The van der Waals surface area contributed by atoms with Gasteiger partial charge in [-0.25, -0.2) is 4.98 Å².